The normalized spacial score (nSPS) is 31.7. The maximum Gasteiger partial charge on any atom is 0.0159 e. The number of hydrogen-bond acceptors (Lipinski definition) is 3. The molecule has 0 spiro atoms. The monoisotopic (exact) mass is 295 g/mol. The molecule has 21 heavy (non-hydrogen) atoms. The molecule has 124 valence electrons. The van der Waals surface area contributed by atoms with Crippen LogP contribution < -0.4 is 5.32 Å². The lowest BCUT2D eigenvalue weighted by Crippen LogP contribution is -2.54. The summed E-state index contributed by atoms with van der Waals surface area (Å²) in [7, 11) is 4.45. The zero-order valence-corrected chi connectivity index (χ0v) is 15.0. The molecule has 0 aromatic rings. The third kappa shape index (κ3) is 4.43. The molecule has 2 fully saturated rings. The summed E-state index contributed by atoms with van der Waals surface area (Å²) in [6, 6.07) is 1.50. The Hall–Kier alpha value is -0.120. The van der Waals surface area contributed by atoms with E-state index in [1.165, 1.54) is 51.7 Å². The summed E-state index contributed by atoms with van der Waals surface area (Å²) in [5.74, 6) is 0.838. The van der Waals surface area contributed by atoms with Gasteiger partial charge in [-0.3, -0.25) is 0 Å². The molecule has 3 heteroatoms. The van der Waals surface area contributed by atoms with Crippen molar-refractivity contribution in [2.45, 2.75) is 65.0 Å². The van der Waals surface area contributed by atoms with E-state index in [9.17, 15) is 0 Å². The highest BCUT2D eigenvalue weighted by Crippen LogP contribution is 2.39. The lowest BCUT2D eigenvalue weighted by Gasteiger charge is -2.47. The summed E-state index contributed by atoms with van der Waals surface area (Å²) < 4.78 is 0. The average molecular weight is 296 g/mol. The van der Waals surface area contributed by atoms with Gasteiger partial charge in [0.2, 0.25) is 0 Å². The smallest absolute Gasteiger partial charge is 0.0159 e. The molecule has 1 N–H and O–H groups in total. The number of nitrogens with zero attached hydrogens (tertiary/aromatic N) is 2. The Morgan fingerprint density at radius 1 is 1.14 bits per heavy atom. The Morgan fingerprint density at radius 2 is 1.81 bits per heavy atom. The van der Waals surface area contributed by atoms with Gasteiger partial charge in [-0.15, -0.1) is 0 Å². The highest BCUT2D eigenvalue weighted by atomic mass is 15.2. The van der Waals surface area contributed by atoms with Crippen LogP contribution in [0.25, 0.3) is 0 Å². The van der Waals surface area contributed by atoms with Gasteiger partial charge in [-0.1, -0.05) is 27.2 Å². The number of piperidine rings is 1. The maximum atomic E-state index is 3.81. The fourth-order valence-electron chi connectivity index (χ4n) is 4.59. The van der Waals surface area contributed by atoms with Crippen LogP contribution in [0.5, 0.6) is 0 Å². The first-order chi connectivity index (χ1) is 9.94. The van der Waals surface area contributed by atoms with Crippen LogP contribution in [0.1, 0.15) is 52.9 Å². The van der Waals surface area contributed by atoms with E-state index in [4.69, 9.17) is 0 Å². The number of nitrogens with one attached hydrogen (secondary N) is 1. The predicted molar refractivity (Wildman–Crippen MR) is 91.7 cm³/mol. The lowest BCUT2D eigenvalue weighted by molar-refractivity contribution is 0.0627. The van der Waals surface area contributed by atoms with Gasteiger partial charge in [0.15, 0.2) is 0 Å². The van der Waals surface area contributed by atoms with E-state index in [2.05, 4.69) is 50.0 Å². The van der Waals surface area contributed by atoms with Crippen molar-refractivity contribution in [3.63, 3.8) is 0 Å². The molecular weight excluding hydrogens is 258 g/mol. The van der Waals surface area contributed by atoms with Crippen molar-refractivity contribution in [3.05, 3.63) is 0 Å². The van der Waals surface area contributed by atoms with Crippen LogP contribution in [0.3, 0.4) is 0 Å². The van der Waals surface area contributed by atoms with Crippen LogP contribution in [-0.2, 0) is 0 Å². The quantitative estimate of drug-likeness (QED) is 0.841. The molecule has 3 nitrogen and oxygen atoms in total. The Morgan fingerprint density at radius 3 is 2.38 bits per heavy atom. The fraction of sp³-hybridized carbons (Fsp3) is 1.00. The predicted octanol–water partition coefficient (Wildman–Crippen LogP) is 2.82. The van der Waals surface area contributed by atoms with Crippen LogP contribution >= 0.6 is 0 Å². The molecule has 1 heterocycles. The van der Waals surface area contributed by atoms with E-state index >= 15 is 0 Å². The zero-order chi connectivity index (χ0) is 15.5. The highest BCUT2D eigenvalue weighted by Gasteiger charge is 2.39. The van der Waals surface area contributed by atoms with Gasteiger partial charge in [-0.25, -0.2) is 0 Å². The van der Waals surface area contributed by atoms with Gasteiger partial charge < -0.3 is 15.1 Å². The second kappa shape index (κ2) is 7.43. The molecule has 0 radical (unpaired) electrons. The SMILES string of the molecule is CCNC1C(CN2CCC(N(C)C)CC2)CCCC1(C)C. The number of likely N-dealkylation sites (tertiary alicyclic amines) is 1. The second-order valence-corrected chi connectivity index (χ2v) is 8.17. The van der Waals surface area contributed by atoms with Crippen molar-refractivity contribution >= 4 is 0 Å². The minimum atomic E-state index is 0.459. The van der Waals surface area contributed by atoms with Crippen LogP contribution in [0.4, 0.5) is 0 Å². The van der Waals surface area contributed by atoms with Crippen molar-refractivity contribution < 1.29 is 0 Å². The molecule has 1 saturated heterocycles. The van der Waals surface area contributed by atoms with Crippen LogP contribution in [-0.4, -0.2) is 62.2 Å². The first-order valence-corrected chi connectivity index (χ1v) is 9.06. The van der Waals surface area contributed by atoms with Crippen LogP contribution in [0, 0.1) is 11.3 Å². The highest BCUT2D eigenvalue weighted by molar-refractivity contribution is 4.94. The van der Waals surface area contributed by atoms with Gasteiger partial charge in [0, 0.05) is 18.6 Å². The summed E-state index contributed by atoms with van der Waals surface area (Å²) >= 11 is 0. The summed E-state index contributed by atoms with van der Waals surface area (Å²) in [6.07, 6.45) is 6.89. The Labute approximate surface area is 132 Å². The lowest BCUT2D eigenvalue weighted by atomic mass is 9.67. The molecule has 2 atom stereocenters. The molecule has 2 aliphatic rings. The minimum Gasteiger partial charge on any atom is -0.313 e. The fourth-order valence-corrected chi connectivity index (χ4v) is 4.59. The number of rotatable bonds is 5. The van der Waals surface area contributed by atoms with Crippen molar-refractivity contribution in [1.29, 1.82) is 0 Å². The van der Waals surface area contributed by atoms with Gasteiger partial charge in [0.1, 0.15) is 0 Å². The molecule has 2 rings (SSSR count). The van der Waals surface area contributed by atoms with Gasteiger partial charge in [-0.2, -0.15) is 0 Å². The third-order valence-electron chi connectivity index (χ3n) is 5.91. The van der Waals surface area contributed by atoms with Crippen molar-refractivity contribution in [1.82, 2.24) is 15.1 Å². The average Bonchev–Trinajstić information content (AvgIpc) is 2.43. The summed E-state index contributed by atoms with van der Waals surface area (Å²) in [4.78, 5) is 5.14. The van der Waals surface area contributed by atoms with Gasteiger partial charge >= 0.3 is 0 Å². The van der Waals surface area contributed by atoms with Gasteiger partial charge in [-0.05, 0) is 70.7 Å². The molecule has 0 aromatic carbocycles. The third-order valence-corrected chi connectivity index (χ3v) is 5.91. The molecular formula is C18H37N3. The summed E-state index contributed by atoms with van der Waals surface area (Å²) in [5, 5.41) is 3.81. The van der Waals surface area contributed by atoms with Crippen LogP contribution in [0.2, 0.25) is 0 Å². The molecule has 2 unspecified atom stereocenters. The summed E-state index contributed by atoms with van der Waals surface area (Å²) in [5.41, 5.74) is 0.459. The second-order valence-electron chi connectivity index (χ2n) is 8.17. The van der Waals surface area contributed by atoms with Gasteiger partial charge in [0.05, 0.1) is 0 Å². The van der Waals surface area contributed by atoms with Crippen molar-refractivity contribution in [3.8, 4) is 0 Å². The van der Waals surface area contributed by atoms with E-state index in [1.807, 2.05) is 0 Å². The van der Waals surface area contributed by atoms with Gasteiger partial charge in [0.25, 0.3) is 0 Å². The minimum absolute atomic E-state index is 0.459. The molecule has 0 amide bonds. The van der Waals surface area contributed by atoms with Crippen molar-refractivity contribution in [2.75, 3.05) is 40.3 Å². The van der Waals surface area contributed by atoms with E-state index in [-0.39, 0.29) is 0 Å². The first-order valence-electron chi connectivity index (χ1n) is 9.06. The van der Waals surface area contributed by atoms with E-state index in [0.717, 1.165) is 18.5 Å². The topological polar surface area (TPSA) is 18.5 Å². The number of hydrogen-bond donors (Lipinski definition) is 1. The largest absolute Gasteiger partial charge is 0.313 e. The Kier molecular flexibility index (Phi) is 6.10. The Bertz CT molecular complexity index is 306. The van der Waals surface area contributed by atoms with E-state index in [0.29, 0.717) is 11.5 Å². The molecule has 0 bridgehead atoms. The summed E-state index contributed by atoms with van der Waals surface area (Å²) in [6.45, 7) is 12.2. The van der Waals surface area contributed by atoms with Crippen LogP contribution in [0.15, 0.2) is 0 Å². The zero-order valence-electron chi connectivity index (χ0n) is 15.0. The van der Waals surface area contributed by atoms with E-state index < -0.39 is 0 Å². The standard InChI is InChI=1S/C18H37N3/c1-6-19-17-15(8-7-11-18(17,2)3)14-21-12-9-16(10-13-21)20(4)5/h15-17,19H,6-14H2,1-5H3. The van der Waals surface area contributed by atoms with E-state index in [1.54, 1.807) is 0 Å². The molecule has 1 aliphatic carbocycles. The Balaban J connectivity index is 1.89. The maximum absolute atomic E-state index is 3.81. The molecule has 1 aliphatic heterocycles. The molecule has 0 aromatic heterocycles. The first kappa shape index (κ1) is 17.2. The van der Waals surface area contributed by atoms with Crippen molar-refractivity contribution in [2.24, 2.45) is 11.3 Å². The molecule has 1 saturated carbocycles.